The summed E-state index contributed by atoms with van der Waals surface area (Å²) in [7, 11) is 7.51. The van der Waals surface area contributed by atoms with Crippen LogP contribution in [0.3, 0.4) is 0 Å². The first-order valence-electron chi connectivity index (χ1n) is 43.2. The van der Waals surface area contributed by atoms with Crippen molar-refractivity contribution in [1.29, 1.82) is 0 Å². The second kappa shape index (κ2) is 56.8. The van der Waals surface area contributed by atoms with Crippen molar-refractivity contribution in [1.82, 2.24) is 0 Å². The molecule has 1 N–H and O–H groups in total. The van der Waals surface area contributed by atoms with Crippen molar-refractivity contribution in [3.05, 3.63) is 345 Å². The van der Waals surface area contributed by atoms with Gasteiger partial charge < -0.3 is 95.1 Å². The third-order valence-electron chi connectivity index (χ3n) is 20.7. The van der Waals surface area contributed by atoms with Crippen molar-refractivity contribution in [3.8, 4) is 74.7 Å². The van der Waals surface area contributed by atoms with Gasteiger partial charge in [0, 0.05) is 65.8 Å². The van der Waals surface area contributed by atoms with Gasteiger partial charge in [0.1, 0.15) is 126 Å². The van der Waals surface area contributed by atoms with Gasteiger partial charge >= 0.3 is 36.9 Å². The molecule has 0 unspecified atom stereocenters. The molecule has 12 aromatic carbocycles. The number of hydrogen-bond donors (Lipinski definition) is 2. The number of aliphatic hydroxyl groups excluding tert-OH is 1. The summed E-state index contributed by atoms with van der Waals surface area (Å²) in [6.07, 6.45) is -1.73. The number of benzene rings is 12. The van der Waals surface area contributed by atoms with E-state index < -0.39 is 36.9 Å². The number of halogens is 6. The van der Waals surface area contributed by atoms with Crippen molar-refractivity contribution in [2.24, 2.45) is 0 Å². The lowest BCUT2D eigenvalue weighted by Crippen LogP contribution is -2.11. The number of hydrogen-bond acceptors (Lipinski definition) is 27. The number of thiol groups is 1. The highest BCUT2D eigenvalue weighted by atomic mass is 35.5. The second-order valence-corrected chi connectivity index (χ2v) is 32.1. The number of rotatable bonds is 30. The van der Waals surface area contributed by atoms with Crippen molar-refractivity contribution in [2.45, 2.75) is 139 Å². The van der Waals surface area contributed by atoms with Crippen LogP contribution in [0.4, 0.5) is 37.5 Å². The molecule has 0 bridgehead atoms. The van der Waals surface area contributed by atoms with Crippen LogP contribution in [0.15, 0.2) is 218 Å². The lowest BCUT2D eigenvalue weighted by atomic mass is 10.0. The molecular formula is C106H108Cl4F2O26S. The van der Waals surface area contributed by atoms with Crippen molar-refractivity contribution in [3.63, 3.8) is 0 Å². The van der Waals surface area contributed by atoms with Crippen LogP contribution in [-0.4, -0.2) is 91.3 Å². The zero-order valence-electron chi connectivity index (χ0n) is 79.2. The Bertz CT molecular complexity index is 5870. The molecule has 0 saturated heterocycles. The van der Waals surface area contributed by atoms with E-state index in [0.717, 1.165) is 86.0 Å². The fourth-order valence-corrected chi connectivity index (χ4v) is 13.6. The van der Waals surface area contributed by atoms with Gasteiger partial charge in [-0.3, -0.25) is 0 Å². The van der Waals surface area contributed by atoms with Crippen LogP contribution in [0.2, 0.25) is 20.1 Å². The van der Waals surface area contributed by atoms with Crippen LogP contribution >= 0.6 is 59.0 Å². The molecule has 0 amide bonds. The molecule has 1 fully saturated rings. The molecule has 736 valence electrons. The van der Waals surface area contributed by atoms with Gasteiger partial charge in [0.25, 0.3) is 0 Å². The van der Waals surface area contributed by atoms with Crippen LogP contribution in [0.5, 0.6) is 74.7 Å². The third-order valence-corrected chi connectivity index (χ3v) is 22.6. The fourth-order valence-electron chi connectivity index (χ4n) is 12.6. The Kier molecular flexibility index (Phi) is 45.1. The minimum Gasteiger partial charge on any atom is -0.493 e. The van der Waals surface area contributed by atoms with Crippen molar-refractivity contribution >= 4 is 96.0 Å². The summed E-state index contributed by atoms with van der Waals surface area (Å²) in [6, 6.07) is 63.1. The average Bonchev–Trinajstić information content (AvgIpc) is 1.65. The van der Waals surface area contributed by atoms with Crippen LogP contribution in [0, 0.1) is 60.1 Å². The Morgan fingerprint density at radius 3 is 0.899 bits per heavy atom. The molecule has 13 rings (SSSR count). The Morgan fingerprint density at radius 2 is 0.576 bits per heavy atom. The SMILES string of the molecule is CCOc1cccc(OC(=O)OC)c1COc1ccc(C)c(Cl)c1.CCc1cccc(OC(=O)OC)c1COc1ccc(C)c(Cl)c1.COC(=O)Oc1cccc(C)c1COc1ccc(C)c(Cl)c1.COC(=O)Oc1cccc(C2CC2)c1COc1ccc(C)c(F)c1.COC(=O)Oc1cccc(CO)c1COc1ccc(C)c(F)c1.COC(=O)Oc1cccc(CS)c1COc1ccc(C)c(Cl)c1. The molecule has 0 heterocycles. The van der Waals surface area contributed by atoms with Crippen molar-refractivity contribution in [2.75, 3.05) is 49.3 Å². The summed E-state index contributed by atoms with van der Waals surface area (Å²) in [5, 5.41) is 12.0. The molecule has 0 aromatic heterocycles. The van der Waals surface area contributed by atoms with Gasteiger partial charge in [-0.05, 0) is 245 Å². The highest BCUT2D eigenvalue weighted by Crippen LogP contribution is 2.45. The Labute approximate surface area is 831 Å². The first-order valence-corrected chi connectivity index (χ1v) is 45.3. The Hall–Kier alpha value is -13.8. The predicted molar refractivity (Wildman–Crippen MR) is 526 cm³/mol. The standard InChI is InChI=1S/C19H19FO4.C18H19ClO5.C18H19ClO4.C17H17ClO4S.C17H17ClO4.C17H17FO5/c1-12-6-9-14(10-17(12)20)23-11-16-15(13-7-8-13)4-3-5-18(16)24-19(21)22-2;1-4-22-16-6-5-7-17(24-18(20)21-3)14(16)11-23-13-9-8-12(2)15(19)10-13;1-4-13-6-5-7-17(23-18(20)21-3)15(13)11-22-14-9-8-12(2)16(19)10-14;1-11-6-7-13(8-15(11)18)21-9-14-12(10-23)4-3-5-16(14)22-17(19)20-2;1-11-5-4-6-16(22-17(19)20-3)14(11)10-21-13-8-7-12(2)15(18)9-13;1-11-6-7-13(8-15(11)18)22-10-14-12(9-19)4-3-5-16(14)23-17(20)21-2/h3-6,9-10,13H,7-8,11H2,1-2H3;5-10H,4,11H2,1-3H3;5-10H,4,11H2,1-3H3;3-8,23H,9-10H2,1-2H3;4-9H,10H2,1-3H3;3-8,19H,9-10H2,1-2H3. The molecule has 1 aliphatic rings. The zero-order chi connectivity index (χ0) is 101. The summed E-state index contributed by atoms with van der Waals surface area (Å²) in [6.45, 7) is 18.2. The molecular weight excluding hydrogens is 1900 g/mol. The van der Waals surface area contributed by atoms with Gasteiger partial charge in [-0.15, -0.1) is 0 Å². The maximum atomic E-state index is 13.7. The molecule has 12 aromatic rings. The van der Waals surface area contributed by atoms with E-state index in [1.165, 1.54) is 54.8 Å². The summed E-state index contributed by atoms with van der Waals surface area (Å²) < 4.78 is 125. The molecule has 1 saturated carbocycles. The number of aliphatic hydroxyl groups is 1. The zero-order valence-corrected chi connectivity index (χ0v) is 83.1. The molecule has 1 aliphatic carbocycles. The molecule has 139 heavy (non-hydrogen) atoms. The topological polar surface area (TPSA) is 298 Å². The van der Waals surface area contributed by atoms with Gasteiger partial charge in [-0.2, -0.15) is 12.6 Å². The van der Waals surface area contributed by atoms with E-state index in [2.05, 4.69) is 41.0 Å². The van der Waals surface area contributed by atoms with Crippen LogP contribution < -0.4 is 61.6 Å². The Balaban J connectivity index is 0.000000205. The third kappa shape index (κ3) is 35.0. The minimum atomic E-state index is -0.872. The smallest absolute Gasteiger partial charge is 0.493 e. The molecule has 26 nitrogen and oxygen atoms in total. The van der Waals surface area contributed by atoms with Gasteiger partial charge in [0.2, 0.25) is 0 Å². The Morgan fingerprint density at radius 1 is 0.309 bits per heavy atom. The van der Waals surface area contributed by atoms with E-state index in [4.69, 9.17) is 108 Å². The van der Waals surface area contributed by atoms with E-state index in [1.807, 2.05) is 133 Å². The van der Waals surface area contributed by atoms with E-state index in [1.54, 1.807) is 135 Å². The highest BCUT2D eigenvalue weighted by molar-refractivity contribution is 7.79. The van der Waals surface area contributed by atoms with Crippen molar-refractivity contribution < 1.29 is 133 Å². The van der Waals surface area contributed by atoms with E-state index >= 15 is 0 Å². The van der Waals surface area contributed by atoms with E-state index in [9.17, 15) is 42.7 Å². The number of methoxy groups -OCH3 is 6. The maximum Gasteiger partial charge on any atom is 0.513 e. The molecule has 33 heteroatoms. The average molecular weight is 2010 g/mol. The molecule has 0 radical (unpaired) electrons. The monoisotopic (exact) mass is 2010 g/mol. The van der Waals surface area contributed by atoms with Gasteiger partial charge in [-0.1, -0.05) is 156 Å². The molecule has 0 aliphatic heterocycles. The van der Waals surface area contributed by atoms with Gasteiger partial charge in [0.15, 0.2) is 0 Å². The first kappa shape index (κ1) is 110. The minimum absolute atomic E-state index is 0.00552. The first-order chi connectivity index (χ1) is 66.8. The van der Waals surface area contributed by atoms with Gasteiger partial charge in [0.05, 0.1) is 61.4 Å². The summed E-state index contributed by atoms with van der Waals surface area (Å²) in [5.41, 5.74) is 13.8. The van der Waals surface area contributed by atoms with Crippen LogP contribution in [-0.2, 0) is 86.8 Å². The lowest BCUT2D eigenvalue weighted by molar-refractivity contribution is 0.119. The van der Waals surface area contributed by atoms with E-state index in [-0.39, 0.29) is 63.6 Å². The van der Waals surface area contributed by atoms with Crippen LogP contribution in [0.1, 0.15) is 127 Å². The summed E-state index contributed by atoms with van der Waals surface area (Å²) in [4.78, 5) is 68.2. The summed E-state index contributed by atoms with van der Waals surface area (Å²) >= 11 is 28.7. The number of carbonyl (C=O) groups is 6. The molecule has 0 atom stereocenters. The summed E-state index contributed by atoms with van der Waals surface area (Å²) in [5.74, 6) is 6.40. The molecule has 0 spiro atoms. The lowest BCUT2D eigenvalue weighted by Gasteiger charge is -2.15. The fraction of sp³-hybridized carbons (Fsp3) is 0.264. The van der Waals surface area contributed by atoms with E-state index in [0.29, 0.717) is 135 Å². The highest BCUT2D eigenvalue weighted by Gasteiger charge is 2.29. The normalized spacial score (nSPS) is 10.8. The van der Waals surface area contributed by atoms with Gasteiger partial charge in [-0.25, -0.2) is 37.5 Å². The largest absolute Gasteiger partial charge is 0.513 e. The quantitative estimate of drug-likeness (QED) is 0.0183. The predicted octanol–water partition coefficient (Wildman–Crippen LogP) is 27.3. The number of ether oxygens (including phenoxy) is 19. The number of aryl methyl sites for hydroxylation is 8. The number of carbonyl (C=O) groups excluding carboxylic acids is 6. The second-order valence-electron chi connectivity index (χ2n) is 30.2. The van der Waals surface area contributed by atoms with Crippen LogP contribution in [0.25, 0.3) is 0 Å². The maximum absolute atomic E-state index is 13.7.